The first-order valence-electron chi connectivity index (χ1n) is 8.48. The van der Waals surface area contributed by atoms with Crippen LogP contribution in [0.25, 0.3) is 0 Å². The van der Waals surface area contributed by atoms with Crippen molar-refractivity contribution in [3.05, 3.63) is 29.8 Å². The van der Waals surface area contributed by atoms with Crippen LogP contribution < -0.4 is 4.74 Å². The van der Waals surface area contributed by atoms with Gasteiger partial charge in [-0.15, -0.1) is 0 Å². The first kappa shape index (κ1) is 16.3. The van der Waals surface area contributed by atoms with Gasteiger partial charge < -0.3 is 18.9 Å². The summed E-state index contributed by atoms with van der Waals surface area (Å²) in [6.07, 6.45) is 5.78. The van der Waals surface area contributed by atoms with E-state index in [1.54, 1.807) is 0 Å². The molecular formula is C18H24O5. The van der Waals surface area contributed by atoms with Gasteiger partial charge in [-0.05, 0) is 43.4 Å². The number of hydrogen-bond donors (Lipinski definition) is 0. The molecule has 2 aliphatic heterocycles. The van der Waals surface area contributed by atoms with Crippen LogP contribution in [0.5, 0.6) is 5.75 Å². The lowest BCUT2D eigenvalue weighted by Gasteiger charge is -2.23. The van der Waals surface area contributed by atoms with E-state index < -0.39 is 0 Å². The highest BCUT2D eigenvalue weighted by Gasteiger charge is 2.18. The van der Waals surface area contributed by atoms with Crippen molar-refractivity contribution in [2.24, 2.45) is 0 Å². The highest BCUT2D eigenvalue weighted by Crippen LogP contribution is 2.20. The van der Waals surface area contributed by atoms with E-state index in [4.69, 9.17) is 18.9 Å². The molecular weight excluding hydrogens is 296 g/mol. The van der Waals surface area contributed by atoms with E-state index in [-0.39, 0.29) is 25.0 Å². The van der Waals surface area contributed by atoms with Crippen LogP contribution in [0.15, 0.2) is 24.3 Å². The minimum absolute atomic E-state index is 0.150. The van der Waals surface area contributed by atoms with Crippen molar-refractivity contribution < 1.29 is 23.7 Å². The third-order valence-electron chi connectivity index (χ3n) is 4.08. The average Bonchev–Trinajstić information content (AvgIpc) is 2.58. The Morgan fingerprint density at radius 1 is 0.957 bits per heavy atom. The summed E-state index contributed by atoms with van der Waals surface area (Å²) in [5, 5.41) is 0. The van der Waals surface area contributed by atoms with Crippen molar-refractivity contribution >= 4 is 5.97 Å². The van der Waals surface area contributed by atoms with Gasteiger partial charge in [-0.1, -0.05) is 12.1 Å². The van der Waals surface area contributed by atoms with Crippen molar-refractivity contribution in [1.82, 2.24) is 0 Å². The van der Waals surface area contributed by atoms with E-state index in [2.05, 4.69) is 0 Å². The number of benzene rings is 1. The first-order valence-corrected chi connectivity index (χ1v) is 8.48. The maximum Gasteiger partial charge on any atom is 0.312 e. The predicted octanol–water partition coefficient (Wildman–Crippen LogP) is 3.20. The zero-order chi connectivity index (χ0) is 15.9. The molecule has 0 radical (unpaired) electrons. The fourth-order valence-electron chi connectivity index (χ4n) is 2.80. The third kappa shape index (κ3) is 5.22. The summed E-state index contributed by atoms with van der Waals surface area (Å²) in [7, 11) is 0. The molecule has 0 spiro atoms. The van der Waals surface area contributed by atoms with Crippen LogP contribution >= 0.6 is 0 Å². The normalized spacial score (nSPS) is 24.9. The van der Waals surface area contributed by atoms with Crippen LogP contribution in [0, 0.1) is 0 Å². The van der Waals surface area contributed by atoms with Crippen LogP contribution in [0.3, 0.4) is 0 Å². The first-order chi connectivity index (χ1) is 11.3. The zero-order valence-corrected chi connectivity index (χ0v) is 13.4. The lowest BCUT2D eigenvalue weighted by molar-refractivity contribution is -0.185. The van der Waals surface area contributed by atoms with Crippen molar-refractivity contribution in [2.45, 2.75) is 57.5 Å². The largest absolute Gasteiger partial charge is 0.465 e. The number of ether oxygens (including phenoxy) is 4. The van der Waals surface area contributed by atoms with Crippen LogP contribution in [0.2, 0.25) is 0 Å². The van der Waals surface area contributed by atoms with Gasteiger partial charge in [0.15, 0.2) is 6.29 Å². The smallest absolute Gasteiger partial charge is 0.312 e. The van der Waals surface area contributed by atoms with Gasteiger partial charge in [-0.3, -0.25) is 4.79 Å². The molecule has 3 rings (SSSR count). The fourth-order valence-corrected chi connectivity index (χ4v) is 2.80. The van der Waals surface area contributed by atoms with Gasteiger partial charge in [0.1, 0.15) is 5.75 Å². The number of hydrogen-bond acceptors (Lipinski definition) is 5. The second-order valence-corrected chi connectivity index (χ2v) is 6.02. The quantitative estimate of drug-likeness (QED) is 0.780. The standard InChI is InChI=1S/C18H24O5/c19-16(23-18-6-2-4-12-21-18)13-14-7-9-15(10-8-14)22-17-5-1-3-11-20-17/h7-10,17-18H,1-6,11-13H2. The van der Waals surface area contributed by atoms with Crippen molar-refractivity contribution in [2.75, 3.05) is 13.2 Å². The minimum Gasteiger partial charge on any atom is -0.465 e. The molecule has 1 aromatic rings. The van der Waals surface area contributed by atoms with Gasteiger partial charge in [-0.25, -0.2) is 0 Å². The monoisotopic (exact) mass is 320 g/mol. The molecule has 1 aromatic carbocycles. The van der Waals surface area contributed by atoms with Crippen LogP contribution in [0.1, 0.15) is 44.1 Å². The van der Waals surface area contributed by atoms with Crippen LogP contribution in [-0.4, -0.2) is 31.8 Å². The van der Waals surface area contributed by atoms with Crippen molar-refractivity contribution in [3.63, 3.8) is 0 Å². The molecule has 2 heterocycles. The highest BCUT2D eigenvalue weighted by atomic mass is 16.7. The Hall–Kier alpha value is -1.59. The molecule has 5 nitrogen and oxygen atoms in total. The van der Waals surface area contributed by atoms with Crippen LogP contribution in [-0.2, 0) is 25.4 Å². The zero-order valence-electron chi connectivity index (χ0n) is 13.4. The van der Waals surface area contributed by atoms with E-state index in [0.29, 0.717) is 6.61 Å². The molecule has 126 valence electrons. The summed E-state index contributed by atoms with van der Waals surface area (Å²) < 4.78 is 22.1. The van der Waals surface area contributed by atoms with Gasteiger partial charge >= 0.3 is 5.97 Å². The second-order valence-electron chi connectivity index (χ2n) is 6.02. The summed E-state index contributed by atoms with van der Waals surface area (Å²) in [5.74, 6) is 0.519. The van der Waals surface area contributed by atoms with Gasteiger partial charge in [0.2, 0.25) is 6.29 Å². The van der Waals surface area contributed by atoms with Gasteiger partial charge in [-0.2, -0.15) is 0 Å². The summed E-state index contributed by atoms with van der Waals surface area (Å²) in [4.78, 5) is 11.9. The van der Waals surface area contributed by atoms with Crippen molar-refractivity contribution in [3.8, 4) is 5.75 Å². The summed E-state index contributed by atoms with van der Waals surface area (Å²) in [6, 6.07) is 7.53. The Bertz CT molecular complexity index is 487. The molecule has 5 heteroatoms. The molecule has 2 atom stereocenters. The number of carbonyl (C=O) groups excluding carboxylic acids is 1. The SMILES string of the molecule is O=C(Cc1ccc(OC2CCCCO2)cc1)OC1CCCCO1. The Morgan fingerprint density at radius 2 is 1.61 bits per heavy atom. The molecule has 0 saturated carbocycles. The molecule has 0 amide bonds. The molecule has 2 saturated heterocycles. The Morgan fingerprint density at radius 3 is 2.22 bits per heavy atom. The lowest BCUT2D eigenvalue weighted by atomic mass is 10.1. The summed E-state index contributed by atoms with van der Waals surface area (Å²) in [5.41, 5.74) is 0.905. The minimum atomic E-state index is -0.373. The Labute approximate surface area is 136 Å². The van der Waals surface area contributed by atoms with Gasteiger partial charge in [0, 0.05) is 12.8 Å². The topological polar surface area (TPSA) is 54.0 Å². The molecule has 0 aromatic heterocycles. The van der Waals surface area contributed by atoms with E-state index in [9.17, 15) is 4.79 Å². The van der Waals surface area contributed by atoms with E-state index in [1.165, 1.54) is 0 Å². The van der Waals surface area contributed by atoms with Crippen LogP contribution in [0.4, 0.5) is 0 Å². The summed E-state index contributed by atoms with van der Waals surface area (Å²) >= 11 is 0. The van der Waals surface area contributed by atoms with Crippen molar-refractivity contribution in [1.29, 1.82) is 0 Å². The Balaban J connectivity index is 1.45. The molecule has 2 unspecified atom stereocenters. The van der Waals surface area contributed by atoms with E-state index in [0.717, 1.165) is 56.4 Å². The number of esters is 1. The second kappa shape index (κ2) is 8.31. The lowest BCUT2D eigenvalue weighted by Crippen LogP contribution is -2.26. The maximum atomic E-state index is 11.9. The molecule has 0 bridgehead atoms. The summed E-state index contributed by atoms with van der Waals surface area (Å²) in [6.45, 7) is 1.44. The van der Waals surface area contributed by atoms with E-state index in [1.807, 2.05) is 24.3 Å². The fraction of sp³-hybridized carbons (Fsp3) is 0.611. The highest BCUT2D eigenvalue weighted by molar-refractivity contribution is 5.72. The molecule has 2 fully saturated rings. The Kier molecular flexibility index (Phi) is 5.88. The number of carbonyl (C=O) groups is 1. The van der Waals surface area contributed by atoms with Gasteiger partial charge in [0.05, 0.1) is 19.6 Å². The molecule has 2 aliphatic rings. The molecule has 0 aliphatic carbocycles. The maximum absolute atomic E-state index is 11.9. The molecule has 23 heavy (non-hydrogen) atoms. The van der Waals surface area contributed by atoms with Gasteiger partial charge in [0.25, 0.3) is 0 Å². The van der Waals surface area contributed by atoms with E-state index >= 15 is 0 Å². The average molecular weight is 320 g/mol. The third-order valence-corrected chi connectivity index (χ3v) is 4.08. The predicted molar refractivity (Wildman–Crippen MR) is 84.0 cm³/mol. The number of rotatable bonds is 5. The molecule has 0 N–H and O–H groups in total.